The third-order valence-corrected chi connectivity index (χ3v) is 3.04. The summed E-state index contributed by atoms with van der Waals surface area (Å²) in [7, 11) is 2.11. The highest BCUT2D eigenvalue weighted by Gasteiger charge is 2.04. The summed E-state index contributed by atoms with van der Waals surface area (Å²) >= 11 is 1.81. The summed E-state index contributed by atoms with van der Waals surface area (Å²) in [5.74, 6) is 0. The second kappa shape index (κ2) is 2.38. The van der Waals surface area contributed by atoms with Crippen LogP contribution in [0.25, 0.3) is 10.2 Å². The molecule has 0 fully saturated rings. The van der Waals surface area contributed by atoms with Crippen molar-refractivity contribution in [2.75, 3.05) is 0 Å². The SMILES string of the molecule is CCc1cn(C)c2sccc12. The van der Waals surface area contributed by atoms with Gasteiger partial charge in [0.1, 0.15) is 4.83 Å². The quantitative estimate of drug-likeness (QED) is 0.612. The molecule has 2 rings (SSSR count). The number of aromatic nitrogens is 1. The summed E-state index contributed by atoms with van der Waals surface area (Å²) in [5, 5.41) is 3.59. The van der Waals surface area contributed by atoms with E-state index >= 15 is 0 Å². The first-order valence-electron chi connectivity index (χ1n) is 3.84. The van der Waals surface area contributed by atoms with Crippen LogP contribution < -0.4 is 0 Å². The Kier molecular flexibility index (Phi) is 1.50. The Labute approximate surface area is 70.3 Å². The normalized spacial score (nSPS) is 11.1. The van der Waals surface area contributed by atoms with Gasteiger partial charge in [0.25, 0.3) is 0 Å². The number of hydrogen-bond acceptors (Lipinski definition) is 1. The maximum atomic E-state index is 2.22. The minimum Gasteiger partial charge on any atom is -0.342 e. The zero-order valence-electron chi connectivity index (χ0n) is 6.79. The van der Waals surface area contributed by atoms with Crippen molar-refractivity contribution in [1.29, 1.82) is 0 Å². The summed E-state index contributed by atoms with van der Waals surface area (Å²) in [6.45, 7) is 2.20. The van der Waals surface area contributed by atoms with E-state index in [4.69, 9.17) is 0 Å². The minimum absolute atomic E-state index is 1.13. The van der Waals surface area contributed by atoms with Gasteiger partial charge in [0.2, 0.25) is 0 Å². The van der Waals surface area contributed by atoms with Gasteiger partial charge in [-0.2, -0.15) is 0 Å². The van der Waals surface area contributed by atoms with Gasteiger partial charge in [-0.1, -0.05) is 6.92 Å². The van der Waals surface area contributed by atoms with Gasteiger partial charge < -0.3 is 4.57 Å². The van der Waals surface area contributed by atoms with Crippen LogP contribution in [0.3, 0.4) is 0 Å². The predicted molar refractivity (Wildman–Crippen MR) is 50.2 cm³/mol. The third-order valence-electron chi connectivity index (χ3n) is 2.04. The molecule has 0 radical (unpaired) electrons. The van der Waals surface area contributed by atoms with E-state index in [1.807, 2.05) is 11.3 Å². The molecule has 11 heavy (non-hydrogen) atoms. The molecule has 2 heterocycles. The molecule has 0 amide bonds. The Bertz CT molecular complexity index is 370. The maximum absolute atomic E-state index is 2.22. The van der Waals surface area contributed by atoms with Gasteiger partial charge in [0.05, 0.1) is 0 Å². The van der Waals surface area contributed by atoms with Crippen LogP contribution in [-0.2, 0) is 13.5 Å². The van der Waals surface area contributed by atoms with Crippen molar-refractivity contribution < 1.29 is 0 Å². The lowest BCUT2D eigenvalue weighted by Crippen LogP contribution is -1.80. The first-order valence-corrected chi connectivity index (χ1v) is 4.72. The Morgan fingerprint density at radius 3 is 3.09 bits per heavy atom. The zero-order chi connectivity index (χ0) is 7.84. The molecule has 2 aromatic heterocycles. The lowest BCUT2D eigenvalue weighted by Gasteiger charge is -1.87. The summed E-state index contributed by atoms with van der Waals surface area (Å²) in [6, 6.07) is 2.21. The standard InChI is InChI=1S/C9H11NS/c1-3-7-6-10(2)9-8(7)4-5-11-9/h4-6H,3H2,1-2H3. The fourth-order valence-electron chi connectivity index (χ4n) is 1.46. The number of aryl methyl sites for hydroxylation is 2. The number of nitrogens with zero attached hydrogens (tertiary/aromatic N) is 1. The molecule has 0 atom stereocenters. The van der Waals surface area contributed by atoms with Crippen molar-refractivity contribution in [3.63, 3.8) is 0 Å². The fourth-order valence-corrected chi connectivity index (χ4v) is 2.34. The second-order valence-corrected chi connectivity index (χ2v) is 3.65. The third kappa shape index (κ3) is 0.897. The molecule has 0 aliphatic carbocycles. The number of hydrogen-bond donors (Lipinski definition) is 0. The molecule has 0 saturated heterocycles. The minimum atomic E-state index is 1.13. The first-order chi connectivity index (χ1) is 5.33. The molecule has 2 heteroatoms. The van der Waals surface area contributed by atoms with Crippen molar-refractivity contribution in [3.8, 4) is 0 Å². The molecule has 1 nitrogen and oxygen atoms in total. The molecule has 0 bridgehead atoms. The van der Waals surface area contributed by atoms with Crippen LogP contribution in [0.2, 0.25) is 0 Å². The van der Waals surface area contributed by atoms with Crippen LogP contribution in [0.1, 0.15) is 12.5 Å². The van der Waals surface area contributed by atoms with Crippen molar-refractivity contribution in [1.82, 2.24) is 4.57 Å². The lowest BCUT2D eigenvalue weighted by atomic mass is 10.2. The van der Waals surface area contributed by atoms with E-state index in [0.29, 0.717) is 0 Å². The van der Waals surface area contributed by atoms with Gasteiger partial charge in [-0.15, -0.1) is 11.3 Å². The van der Waals surface area contributed by atoms with E-state index in [2.05, 4.69) is 36.2 Å². The van der Waals surface area contributed by atoms with E-state index < -0.39 is 0 Å². The van der Waals surface area contributed by atoms with E-state index in [9.17, 15) is 0 Å². The average Bonchev–Trinajstić information content (AvgIpc) is 2.54. The largest absolute Gasteiger partial charge is 0.342 e. The monoisotopic (exact) mass is 165 g/mol. The van der Waals surface area contributed by atoms with Crippen molar-refractivity contribution in [3.05, 3.63) is 23.2 Å². The van der Waals surface area contributed by atoms with Crippen molar-refractivity contribution in [2.45, 2.75) is 13.3 Å². The van der Waals surface area contributed by atoms with Gasteiger partial charge in [0.15, 0.2) is 0 Å². The first kappa shape index (κ1) is 6.92. The molecule has 0 aliphatic heterocycles. The number of thiophene rings is 1. The van der Waals surface area contributed by atoms with Gasteiger partial charge >= 0.3 is 0 Å². The smallest absolute Gasteiger partial charge is 0.102 e. The Morgan fingerprint density at radius 2 is 2.36 bits per heavy atom. The topological polar surface area (TPSA) is 4.93 Å². The van der Waals surface area contributed by atoms with Crippen LogP contribution in [0.5, 0.6) is 0 Å². The predicted octanol–water partition coefficient (Wildman–Crippen LogP) is 2.80. The molecule has 0 spiro atoms. The Hall–Kier alpha value is -0.760. The molecule has 0 N–H and O–H groups in total. The highest BCUT2D eigenvalue weighted by atomic mass is 32.1. The maximum Gasteiger partial charge on any atom is 0.102 e. The highest BCUT2D eigenvalue weighted by molar-refractivity contribution is 7.16. The van der Waals surface area contributed by atoms with Gasteiger partial charge in [-0.25, -0.2) is 0 Å². The molecule has 0 aromatic carbocycles. The fraction of sp³-hybridized carbons (Fsp3) is 0.333. The van der Waals surface area contributed by atoms with Crippen molar-refractivity contribution in [2.24, 2.45) is 7.05 Å². The van der Waals surface area contributed by atoms with Crippen molar-refractivity contribution >= 4 is 21.6 Å². The van der Waals surface area contributed by atoms with Gasteiger partial charge in [-0.05, 0) is 23.4 Å². The zero-order valence-corrected chi connectivity index (χ0v) is 7.61. The van der Waals surface area contributed by atoms with Crippen LogP contribution >= 0.6 is 11.3 Å². The molecule has 0 aliphatic rings. The van der Waals surface area contributed by atoms with Crippen LogP contribution in [0, 0.1) is 0 Å². The van der Waals surface area contributed by atoms with E-state index in [0.717, 1.165) is 6.42 Å². The Balaban J connectivity index is 2.80. The molecule has 0 unspecified atom stereocenters. The highest BCUT2D eigenvalue weighted by Crippen LogP contribution is 2.25. The molecule has 58 valence electrons. The van der Waals surface area contributed by atoms with Gasteiger partial charge in [0, 0.05) is 18.6 Å². The van der Waals surface area contributed by atoms with Crippen LogP contribution in [0.4, 0.5) is 0 Å². The number of fused-ring (bicyclic) bond motifs is 1. The Morgan fingerprint density at radius 1 is 1.55 bits per heavy atom. The molecular weight excluding hydrogens is 154 g/mol. The summed E-state index contributed by atoms with van der Waals surface area (Å²) in [5.41, 5.74) is 1.46. The summed E-state index contributed by atoms with van der Waals surface area (Å²) in [6.07, 6.45) is 3.36. The average molecular weight is 165 g/mol. The lowest BCUT2D eigenvalue weighted by molar-refractivity contribution is 0.961. The van der Waals surface area contributed by atoms with Gasteiger partial charge in [-0.3, -0.25) is 0 Å². The second-order valence-electron chi connectivity index (χ2n) is 2.76. The summed E-state index contributed by atoms with van der Waals surface area (Å²) in [4.78, 5) is 1.39. The van der Waals surface area contributed by atoms with E-state index in [1.54, 1.807) is 0 Å². The van der Waals surface area contributed by atoms with E-state index in [1.165, 1.54) is 15.8 Å². The summed E-state index contributed by atoms with van der Waals surface area (Å²) < 4.78 is 2.21. The molecule has 0 saturated carbocycles. The molecule has 2 aromatic rings. The van der Waals surface area contributed by atoms with Crippen LogP contribution in [0.15, 0.2) is 17.6 Å². The molecular formula is C9H11NS. The number of rotatable bonds is 1. The van der Waals surface area contributed by atoms with Crippen LogP contribution in [-0.4, -0.2) is 4.57 Å². The van der Waals surface area contributed by atoms with E-state index in [-0.39, 0.29) is 0 Å².